The molecule has 1 aromatic heterocycles. The number of hydrazone groups is 2. The van der Waals surface area contributed by atoms with Crippen molar-refractivity contribution in [2.24, 2.45) is 21.2 Å². The van der Waals surface area contributed by atoms with Crippen LogP contribution in [-0.4, -0.2) is 48.0 Å². The highest BCUT2D eigenvalue weighted by atomic mass is 16.6. The molecule has 10 nitrogen and oxygen atoms in total. The van der Waals surface area contributed by atoms with Crippen molar-refractivity contribution in [2.45, 2.75) is 13.0 Å². The number of anilines is 1. The number of amidine groups is 1. The average Bonchev–Trinajstić information content (AvgIpc) is 2.79. The zero-order valence-corrected chi connectivity index (χ0v) is 17.1. The Morgan fingerprint density at radius 2 is 2.06 bits per heavy atom. The van der Waals surface area contributed by atoms with Crippen molar-refractivity contribution in [3.63, 3.8) is 0 Å². The van der Waals surface area contributed by atoms with E-state index in [1.165, 1.54) is 5.01 Å². The van der Waals surface area contributed by atoms with Crippen LogP contribution in [-0.2, 0) is 16.2 Å². The third kappa shape index (κ3) is 7.17. The minimum Gasteiger partial charge on any atom is -0.448 e. The molecule has 0 bridgehead atoms. The average molecular weight is 421 g/mol. The molecule has 0 atom stereocenters. The molecule has 0 aliphatic heterocycles. The smallest absolute Gasteiger partial charge is 0.412 e. The number of hydrogen-bond acceptors (Lipinski definition) is 8. The van der Waals surface area contributed by atoms with Gasteiger partial charge >= 0.3 is 6.09 Å². The molecular formula is C21H23N7O3. The standard InChI is InChI=1S/C21H23N7O3/c1-4-5-14-30-21(29)25-18-13-9-12-17(24-18)15-31-27-19(16-10-7-6-8-11-16)20(26-22)28(3)23-2/h1,6-13H,2,5,14-15,22H2,3H3,(H,24,25,29)/b26-20-,27-19-. The molecule has 0 unspecified atom stereocenters. The van der Waals surface area contributed by atoms with E-state index < -0.39 is 6.09 Å². The lowest BCUT2D eigenvalue weighted by atomic mass is 10.1. The van der Waals surface area contributed by atoms with Crippen molar-refractivity contribution in [3.05, 3.63) is 59.8 Å². The van der Waals surface area contributed by atoms with Crippen LogP contribution in [0.1, 0.15) is 17.7 Å². The Balaban J connectivity index is 2.11. The molecule has 0 saturated carbocycles. The van der Waals surface area contributed by atoms with E-state index >= 15 is 0 Å². The van der Waals surface area contributed by atoms with Crippen LogP contribution in [0, 0.1) is 12.3 Å². The highest BCUT2D eigenvalue weighted by Gasteiger charge is 2.17. The van der Waals surface area contributed by atoms with Crippen LogP contribution >= 0.6 is 0 Å². The van der Waals surface area contributed by atoms with Gasteiger partial charge in [-0.05, 0) is 12.1 Å². The molecular weight excluding hydrogens is 398 g/mol. The summed E-state index contributed by atoms with van der Waals surface area (Å²) in [5.74, 6) is 8.48. The molecule has 0 saturated heterocycles. The zero-order chi connectivity index (χ0) is 22.5. The maximum absolute atomic E-state index is 11.7. The van der Waals surface area contributed by atoms with Crippen LogP contribution in [0.3, 0.4) is 0 Å². The Morgan fingerprint density at radius 3 is 2.74 bits per heavy atom. The molecule has 0 radical (unpaired) electrons. The lowest BCUT2D eigenvalue weighted by molar-refractivity contribution is 0.128. The molecule has 0 aliphatic carbocycles. The fourth-order valence-electron chi connectivity index (χ4n) is 2.32. The quantitative estimate of drug-likeness (QED) is 0.160. The number of nitrogens with zero attached hydrogens (tertiary/aromatic N) is 5. The van der Waals surface area contributed by atoms with E-state index in [4.69, 9.17) is 21.8 Å². The Kier molecular flexibility index (Phi) is 9.03. The largest absolute Gasteiger partial charge is 0.448 e. The number of aromatic nitrogens is 1. The molecule has 0 spiro atoms. The van der Waals surface area contributed by atoms with E-state index in [0.717, 1.165) is 5.56 Å². The maximum atomic E-state index is 11.7. The van der Waals surface area contributed by atoms with Crippen LogP contribution in [0.4, 0.5) is 10.6 Å². The number of carbonyl (C=O) groups is 1. The first kappa shape index (κ1) is 22.9. The fraction of sp³-hybridized carbons (Fsp3) is 0.190. The predicted octanol–water partition coefficient (Wildman–Crippen LogP) is 2.39. The molecule has 160 valence electrons. The number of terminal acetylenes is 1. The Morgan fingerprint density at radius 1 is 1.29 bits per heavy atom. The summed E-state index contributed by atoms with van der Waals surface area (Å²) >= 11 is 0. The minimum atomic E-state index is -0.644. The minimum absolute atomic E-state index is 0.0288. The van der Waals surface area contributed by atoms with Crippen molar-refractivity contribution in [1.29, 1.82) is 0 Å². The van der Waals surface area contributed by atoms with Gasteiger partial charge in [0.2, 0.25) is 0 Å². The van der Waals surface area contributed by atoms with Crippen molar-refractivity contribution < 1.29 is 14.4 Å². The van der Waals surface area contributed by atoms with Gasteiger partial charge in [0.25, 0.3) is 0 Å². The van der Waals surface area contributed by atoms with Crippen molar-refractivity contribution >= 4 is 30.2 Å². The van der Waals surface area contributed by atoms with Crippen LogP contribution < -0.4 is 11.2 Å². The van der Waals surface area contributed by atoms with E-state index in [-0.39, 0.29) is 19.0 Å². The summed E-state index contributed by atoms with van der Waals surface area (Å²) in [6, 6.07) is 14.3. The van der Waals surface area contributed by atoms with Gasteiger partial charge in [-0.25, -0.2) is 14.8 Å². The SMILES string of the molecule is C#CCCOC(=O)Nc1cccc(CO/N=C(\C(=N\N)N(C)N=C)c2ccccc2)n1. The lowest BCUT2D eigenvalue weighted by Crippen LogP contribution is -2.31. The molecule has 0 aliphatic rings. The Bertz CT molecular complexity index is 984. The van der Waals surface area contributed by atoms with Crippen LogP contribution in [0.15, 0.2) is 63.9 Å². The van der Waals surface area contributed by atoms with Crippen LogP contribution in [0.25, 0.3) is 0 Å². The maximum Gasteiger partial charge on any atom is 0.412 e. The fourth-order valence-corrected chi connectivity index (χ4v) is 2.32. The zero-order valence-electron chi connectivity index (χ0n) is 17.1. The first-order valence-corrected chi connectivity index (χ1v) is 9.16. The molecule has 3 N–H and O–H groups in total. The van der Waals surface area contributed by atoms with Gasteiger partial charge in [0.05, 0.1) is 5.69 Å². The van der Waals surface area contributed by atoms with Gasteiger partial charge in [-0.15, -0.1) is 12.3 Å². The highest BCUT2D eigenvalue weighted by Crippen LogP contribution is 2.09. The Labute approximate surface area is 180 Å². The van der Waals surface area contributed by atoms with Crippen molar-refractivity contribution in [1.82, 2.24) is 9.99 Å². The van der Waals surface area contributed by atoms with E-state index in [9.17, 15) is 4.79 Å². The summed E-state index contributed by atoms with van der Waals surface area (Å²) in [7, 11) is 1.64. The normalized spacial score (nSPS) is 11.2. The Hall–Kier alpha value is -4.39. The van der Waals surface area contributed by atoms with Crippen LogP contribution in [0.2, 0.25) is 0 Å². The van der Waals surface area contributed by atoms with Crippen molar-refractivity contribution in [2.75, 3.05) is 19.0 Å². The summed E-state index contributed by atoms with van der Waals surface area (Å²) < 4.78 is 4.93. The number of amides is 1. The first-order valence-electron chi connectivity index (χ1n) is 9.16. The number of nitrogens with one attached hydrogen (secondary N) is 1. The predicted molar refractivity (Wildman–Crippen MR) is 119 cm³/mol. The van der Waals surface area contributed by atoms with Crippen molar-refractivity contribution in [3.8, 4) is 12.3 Å². The van der Waals surface area contributed by atoms with Crippen LogP contribution in [0.5, 0.6) is 0 Å². The van der Waals surface area contributed by atoms with E-state index in [2.05, 4.69) is 38.3 Å². The van der Waals surface area contributed by atoms with E-state index in [1.807, 2.05) is 30.3 Å². The highest BCUT2D eigenvalue weighted by molar-refractivity contribution is 6.47. The number of likely N-dealkylation sites (N-methyl/N-ethyl adjacent to an activating group) is 1. The van der Waals surface area contributed by atoms with E-state index in [0.29, 0.717) is 23.6 Å². The number of ether oxygens (including phenoxy) is 1. The topological polar surface area (TPSA) is 127 Å². The van der Waals surface area contributed by atoms with Gasteiger partial charge in [0.1, 0.15) is 12.4 Å². The first-order chi connectivity index (χ1) is 15.1. The molecule has 1 heterocycles. The summed E-state index contributed by atoms with van der Waals surface area (Å²) in [5, 5.41) is 15.6. The van der Waals surface area contributed by atoms with Gasteiger partial charge in [-0.1, -0.05) is 41.6 Å². The molecule has 10 heteroatoms. The molecule has 1 amide bonds. The number of rotatable bonds is 9. The summed E-state index contributed by atoms with van der Waals surface area (Å²) in [6.07, 6.45) is 4.81. The summed E-state index contributed by atoms with van der Waals surface area (Å²) in [4.78, 5) is 21.5. The number of oxime groups is 1. The number of nitrogens with two attached hydrogens (primary N) is 1. The van der Waals surface area contributed by atoms with Gasteiger partial charge < -0.3 is 15.4 Å². The second-order valence-electron chi connectivity index (χ2n) is 5.93. The third-order valence-electron chi connectivity index (χ3n) is 3.78. The summed E-state index contributed by atoms with van der Waals surface area (Å²) in [5.41, 5.74) is 1.61. The van der Waals surface area contributed by atoms with E-state index in [1.54, 1.807) is 25.2 Å². The monoisotopic (exact) mass is 421 g/mol. The number of benzene rings is 1. The van der Waals surface area contributed by atoms with Gasteiger partial charge in [0, 0.05) is 25.7 Å². The van der Waals surface area contributed by atoms with Gasteiger partial charge in [0.15, 0.2) is 18.2 Å². The number of pyridine rings is 1. The second-order valence-corrected chi connectivity index (χ2v) is 5.93. The molecule has 31 heavy (non-hydrogen) atoms. The van der Waals surface area contributed by atoms with Gasteiger partial charge in [-0.2, -0.15) is 10.2 Å². The second kappa shape index (κ2) is 12.2. The lowest BCUT2D eigenvalue weighted by Gasteiger charge is -2.16. The third-order valence-corrected chi connectivity index (χ3v) is 3.78. The molecule has 2 rings (SSSR count). The molecule has 0 fully saturated rings. The van der Waals surface area contributed by atoms with Gasteiger partial charge in [-0.3, -0.25) is 5.32 Å². The number of carbonyl (C=O) groups excluding carboxylic acids is 1. The molecule has 1 aromatic carbocycles. The summed E-state index contributed by atoms with van der Waals surface area (Å²) in [6.45, 7) is 3.62. The number of hydrogen-bond donors (Lipinski definition) is 2. The molecule has 2 aromatic rings.